The second-order valence-corrected chi connectivity index (χ2v) is 4.04. The van der Waals surface area contributed by atoms with Crippen molar-refractivity contribution in [3.8, 4) is 0 Å². The maximum atomic E-state index is 3.43. The van der Waals surface area contributed by atoms with E-state index < -0.39 is 0 Å². The van der Waals surface area contributed by atoms with Crippen LogP contribution in [0.4, 0.5) is 0 Å². The number of hydrogen-bond acceptors (Lipinski definition) is 0. The van der Waals surface area contributed by atoms with Gasteiger partial charge in [-0.25, -0.2) is 0 Å². The van der Waals surface area contributed by atoms with Crippen LogP contribution in [0.5, 0.6) is 0 Å². The van der Waals surface area contributed by atoms with E-state index in [0.717, 1.165) is 0 Å². The van der Waals surface area contributed by atoms with Gasteiger partial charge in [-0.15, -0.1) is 24.0 Å². The molecule has 1 rings (SSSR count). The van der Waals surface area contributed by atoms with Crippen molar-refractivity contribution in [3.63, 3.8) is 0 Å². The predicted molar refractivity (Wildman–Crippen MR) is 49.2 cm³/mol. The van der Waals surface area contributed by atoms with E-state index >= 15 is 0 Å². The first-order chi connectivity index (χ1) is 3.80. The van der Waals surface area contributed by atoms with Gasteiger partial charge in [-0.1, -0.05) is 0 Å². The third-order valence-corrected chi connectivity index (χ3v) is 4.11. The molecule has 0 nitrogen and oxygen atoms in total. The van der Waals surface area contributed by atoms with Gasteiger partial charge >= 0.3 is 67.1 Å². The first-order valence-corrected chi connectivity index (χ1v) is 4.65. The molecule has 0 aliphatic carbocycles. The number of halogens is 2. The van der Waals surface area contributed by atoms with E-state index in [0.29, 0.717) is 0 Å². The van der Waals surface area contributed by atoms with E-state index in [1.807, 2.05) is 6.07 Å². The number of benzene rings is 1. The van der Waals surface area contributed by atoms with Crippen molar-refractivity contribution in [3.05, 3.63) is 28.7 Å². The molecule has 0 saturated carbocycles. The Morgan fingerprint density at radius 1 is 1.22 bits per heavy atom. The van der Waals surface area contributed by atoms with Crippen LogP contribution in [0, 0.1) is 0 Å². The van der Waals surface area contributed by atoms with Crippen molar-refractivity contribution in [1.29, 1.82) is 0 Å². The Kier molecular flexibility index (Phi) is 5.37. The molecule has 9 heavy (non-hydrogen) atoms. The standard InChI is InChI=1S/C6H4Br.HI.Zn/c7-6-4-2-1-3-5-6;;/h1-4H;1H;. The van der Waals surface area contributed by atoms with Crippen LogP contribution in [0.2, 0.25) is 0 Å². The Bertz CT molecular complexity index is 169. The normalized spacial score (nSPS) is 8.33. The zero-order valence-corrected chi connectivity index (χ0v) is 11.7. The Hall–Kier alpha value is 1.05. The fourth-order valence-electron chi connectivity index (χ4n) is 0.498. The van der Waals surface area contributed by atoms with E-state index in [4.69, 9.17) is 0 Å². The zero-order valence-electron chi connectivity index (χ0n) is 4.80. The summed E-state index contributed by atoms with van der Waals surface area (Å²) in [6.45, 7) is 0. The van der Waals surface area contributed by atoms with Gasteiger partial charge in [0.1, 0.15) is 0 Å². The summed E-state index contributed by atoms with van der Waals surface area (Å²) in [7, 11) is 0. The molecular formula is C6H5BrIZn. The van der Waals surface area contributed by atoms with Gasteiger partial charge in [0.25, 0.3) is 0 Å². The van der Waals surface area contributed by atoms with Crippen LogP contribution in [-0.4, -0.2) is 0 Å². The molecule has 0 fully saturated rings. The average Bonchev–Trinajstić information content (AvgIpc) is 1.77. The molecule has 0 aliphatic rings. The fourth-order valence-corrected chi connectivity index (χ4v) is 1.32. The first kappa shape index (κ1) is 10.1. The van der Waals surface area contributed by atoms with Crippen molar-refractivity contribution < 1.29 is 18.3 Å². The van der Waals surface area contributed by atoms with Crippen LogP contribution in [0.3, 0.4) is 0 Å². The monoisotopic (exact) mass is 347 g/mol. The molecule has 1 aromatic carbocycles. The summed E-state index contributed by atoms with van der Waals surface area (Å²) < 4.78 is 2.65. The van der Waals surface area contributed by atoms with Gasteiger partial charge in [-0.3, -0.25) is 0 Å². The molecule has 0 radical (unpaired) electrons. The Balaban J connectivity index is 0.000000640. The summed E-state index contributed by atoms with van der Waals surface area (Å²) in [6, 6.07) is 8.29. The third-order valence-electron chi connectivity index (χ3n) is 0.958. The van der Waals surface area contributed by atoms with E-state index in [1.165, 1.54) is 26.9 Å². The van der Waals surface area contributed by atoms with Crippen LogP contribution in [-0.2, 0) is 18.3 Å². The molecule has 0 spiro atoms. The summed E-state index contributed by atoms with van der Waals surface area (Å²) in [4.78, 5) is 0. The number of rotatable bonds is 0. The molecule has 0 saturated heterocycles. The molecule has 0 N–H and O–H groups in total. The average molecular weight is 349 g/mol. The van der Waals surface area contributed by atoms with Crippen molar-refractivity contribution in [2.24, 2.45) is 0 Å². The molecule has 0 atom stereocenters. The van der Waals surface area contributed by atoms with Crippen LogP contribution >= 0.6 is 39.9 Å². The van der Waals surface area contributed by atoms with Crippen LogP contribution < -0.4 is 4.16 Å². The van der Waals surface area contributed by atoms with Gasteiger partial charge in [-0.2, -0.15) is 0 Å². The van der Waals surface area contributed by atoms with Crippen molar-refractivity contribution in [1.82, 2.24) is 0 Å². The maximum absolute atomic E-state index is 3.43. The Morgan fingerprint density at radius 2 is 1.78 bits per heavy atom. The molecular weight excluding hydrogens is 344 g/mol. The van der Waals surface area contributed by atoms with Crippen molar-refractivity contribution in [2.45, 2.75) is 0 Å². The Morgan fingerprint density at radius 3 is 2.11 bits per heavy atom. The van der Waals surface area contributed by atoms with Gasteiger partial charge < -0.3 is 0 Å². The SMILES string of the molecule is I.[Zn][c]1ccccc1Br. The molecule has 1 aromatic rings. The van der Waals surface area contributed by atoms with Gasteiger partial charge in [-0.05, 0) is 0 Å². The van der Waals surface area contributed by atoms with Gasteiger partial charge in [0.05, 0.1) is 0 Å². The quantitative estimate of drug-likeness (QED) is 0.498. The Labute approximate surface area is 90.2 Å². The second kappa shape index (κ2) is 4.81. The molecule has 45 valence electrons. The van der Waals surface area contributed by atoms with Gasteiger partial charge in [0.2, 0.25) is 0 Å². The molecule has 0 aromatic heterocycles. The third kappa shape index (κ3) is 3.10. The van der Waals surface area contributed by atoms with E-state index in [2.05, 4.69) is 34.1 Å². The van der Waals surface area contributed by atoms with E-state index in [9.17, 15) is 0 Å². The predicted octanol–water partition coefficient (Wildman–Crippen LogP) is 2.24. The topological polar surface area (TPSA) is 0 Å². The minimum absolute atomic E-state index is 0. The van der Waals surface area contributed by atoms with Gasteiger partial charge in [0, 0.05) is 0 Å². The van der Waals surface area contributed by atoms with Crippen LogP contribution in [0.25, 0.3) is 0 Å². The van der Waals surface area contributed by atoms with E-state index in [-0.39, 0.29) is 24.0 Å². The van der Waals surface area contributed by atoms with Crippen LogP contribution in [0.1, 0.15) is 0 Å². The molecule has 0 amide bonds. The summed E-state index contributed by atoms with van der Waals surface area (Å²) in [5, 5.41) is 0. The molecule has 0 heterocycles. The molecule has 0 aliphatic heterocycles. The molecule has 0 bridgehead atoms. The fraction of sp³-hybridized carbons (Fsp3) is 0. The molecule has 3 heteroatoms. The summed E-state index contributed by atoms with van der Waals surface area (Å²) in [5.41, 5.74) is 0. The first-order valence-electron chi connectivity index (χ1n) is 2.37. The zero-order chi connectivity index (χ0) is 5.98. The summed E-state index contributed by atoms with van der Waals surface area (Å²) >= 11 is 4.65. The van der Waals surface area contributed by atoms with Crippen molar-refractivity contribution >= 4 is 44.1 Å². The number of hydrogen-bond donors (Lipinski definition) is 0. The minimum atomic E-state index is 0. The summed E-state index contributed by atoms with van der Waals surface area (Å²) in [5.74, 6) is 0. The summed E-state index contributed by atoms with van der Waals surface area (Å²) in [6.07, 6.45) is 0. The van der Waals surface area contributed by atoms with Crippen molar-refractivity contribution in [2.75, 3.05) is 0 Å². The van der Waals surface area contributed by atoms with Gasteiger partial charge in [0.15, 0.2) is 0 Å². The van der Waals surface area contributed by atoms with Crippen LogP contribution in [0.15, 0.2) is 28.7 Å². The van der Waals surface area contributed by atoms with E-state index in [1.54, 1.807) is 0 Å². The molecule has 0 unspecified atom stereocenters. The second-order valence-electron chi connectivity index (χ2n) is 1.59.